The topological polar surface area (TPSA) is 91.4 Å². The summed E-state index contributed by atoms with van der Waals surface area (Å²) in [5.74, 6) is -0.000846. The van der Waals surface area contributed by atoms with Crippen LogP contribution in [-0.4, -0.2) is 75.1 Å². The van der Waals surface area contributed by atoms with Crippen LogP contribution in [0.5, 0.6) is 0 Å². The number of hydrogen-bond donors (Lipinski definition) is 1. The van der Waals surface area contributed by atoms with Gasteiger partial charge in [-0.25, -0.2) is 0 Å². The fourth-order valence-electron chi connectivity index (χ4n) is 4.26. The van der Waals surface area contributed by atoms with Crippen molar-refractivity contribution in [3.05, 3.63) is 46.6 Å². The first-order valence-corrected chi connectivity index (χ1v) is 10.4. The molecule has 2 saturated heterocycles. The minimum Gasteiger partial charge on any atom is -0.379 e. The summed E-state index contributed by atoms with van der Waals surface area (Å²) in [5.41, 5.74) is 2.27. The second kappa shape index (κ2) is 7.23. The maximum Gasteiger partial charge on any atom is 0.267 e. The average molecular weight is 411 g/mol. The van der Waals surface area contributed by atoms with Crippen LogP contribution in [0.25, 0.3) is 10.9 Å². The van der Waals surface area contributed by atoms with E-state index in [4.69, 9.17) is 4.74 Å². The van der Waals surface area contributed by atoms with E-state index in [1.165, 1.54) is 0 Å². The van der Waals surface area contributed by atoms with Gasteiger partial charge in [-0.3, -0.25) is 9.59 Å². The van der Waals surface area contributed by atoms with Gasteiger partial charge in [0.25, 0.3) is 11.8 Å². The molecule has 29 heavy (non-hydrogen) atoms. The average Bonchev–Trinajstić information content (AvgIpc) is 3.26. The fraction of sp³-hybridized carbons (Fsp3) is 0.400. The van der Waals surface area contributed by atoms with Gasteiger partial charge in [-0.1, -0.05) is 10.6 Å². The first-order chi connectivity index (χ1) is 14.1. The molecule has 1 aromatic carbocycles. The number of nitrogens with one attached hydrogen (secondary N) is 1. The van der Waals surface area contributed by atoms with Crippen molar-refractivity contribution < 1.29 is 14.3 Å². The molecule has 5 rings (SSSR count). The number of fused-ring (bicyclic) bond motifs is 4. The summed E-state index contributed by atoms with van der Waals surface area (Å²) in [5, 5.41) is 4.89. The van der Waals surface area contributed by atoms with Crippen molar-refractivity contribution in [3.8, 4) is 0 Å². The molecular weight excluding hydrogens is 390 g/mol. The minimum absolute atomic E-state index is 0.00274. The molecule has 0 aliphatic carbocycles. The van der Waals surface area contributed by atoms with Crippen LogP contribution in [-0.2, 0) is 4.74 Å². The highest BCUT2D eigenvalue weighted by atomic mass is 32.1. The lowest BCUT2D eigenvalue weighted by Crippen LogP contribution is -2.47. The van der Waals surface area contributed by atoms with E-state index in [0.717, 1.165) is 22.4 Å². The van der Waals surface area contributed by atoms with Gasteiger partial charge in [0, 0.05) is 48.2 Å². The third-order valence-corrected chi connectivity index (χ3v) is 6.50. The molecule has 8 nitrogen and oxygen atoms in total. The third-order valence-electron chi connectivity index (χ3n) is 5.69. The molecule has 2 atom stereocenters. The zero-order chi connectivity index (χ0) is 20.0. The highest BCUT2D eigenvalue weighted by Crippen LogP contribution is 2.26. The Labute approximate surface area is 171 Å². The van der Waals surface area contributed by atoms with E-state index < -0.39 is 0 Å². The number of nitrogens with zero attached hydrogens (tertiary/aromatic N) is 4. The highest BCUT2D eigenvalue weighted by Gasteiger charge is 2.39. The van der Waals surface area contributed by atoms with E-state index in [2.05, 4.69) is 14.6 Å². The first kappa shape index (κ1) is 18.3. The molecule has 2 amide bonds. The fourth-order valence-corrected chi connectivity index (χ4v) is 4.87. The van der Waals surface area contributed by atoms with Crippen molar-refractivity contribution >= 4 is 34.2 Å². The molecule has 4 heterocycles. The second-order valence-electron chi connectivity index (χ2n) is 7.66. The molecule has 0 spiro atoms. The van der Waals surface area contributed by atoms with Crippen LogP contribution in [0, 0.1) is 12.8 Å². The number of ether oxygens (including phenoxy) is 1. The van der Waals surface area contributed by atoms with Gasteiger partial charge in [0.1, 0.15) is 4.88 Å². The molecule has 0 radical (unpaired) electrons. The van der Waals surface area contributed by atoms with Gasteiger partial charge in [0.15, 0.2) is 0 Å². The Kier molecular flexibility index (Phi) is 4.56. The number of carbonyl (C=O) groups is 2. The van der Waals surface area contributed by atoms with Crippen molar-refractivity contribution in [3.63, 3.8) is 0 Å². The molecule has 2 aliphatic rings. The summed E-state index contributed by atoms with van der Waals surface area (Å²) in [4.78, 5) is 34.0. The molecule has 9 heteroatoms. The highest BCUT2D eigenvalue weighted by molar-refractivity contribution is 7.07. The lowest BCUT2D eigenvalue weighted by molar-refractivity contribution is 0.0383. The molecule has 0 unspecified atom stereocenters. The lowest BCUT2D eigenvalue weighted by atomic mass is 10.1. The predicted molar refractivity (Wildman–Crippen MR) is 108 cm³/mol. The molecule has 150 valence electrons. The van der Waals surface area contributed by atoms with Crippen LogP contribution in [0.4, 0.5) is 0 Å². The van der Waals surface area contributed by atoms with Gasteiger partial charge in [-0.05, 0) is 36.7 Å². The first-order valence-electron chi connectivity index (χ1n) is 9.65. The number of amides is 2. The number of benzene rings is 1. The Balaban J connectivity index is 1.45. The predicted octanol–water partition coefficient (Wildman–Crippen LogP) is 1.94. The second-order valence-corrected chi connectivity index (χ2v) is 8.41. The molecule has 2 aromatic heterocycles. The third kappa shape index (κ3) is 3.20. The Bertz CT molecular complexity index is 1080. The molecule has 2 fully saturated rings. The van der Waals surface area contributed by atoms with E-state index in [1.54, 1.807) is 6.92 Å². The van der Waals surface area contributed by atoms with Gasteiger partial charge in [0.05, 0.1) is 24.9 Å². The van der Waals surface area contributed by atoms with Crippen LogP contribution >= 0.6 is 11.5 Å². The number of aryl methyl sites for hydroxylation is 1. The zero-order valence-corrected chi connectivity index (χ0v) is 16.8. The lowest BCUT2D eigenvalue weighted by Gasteiger charge is -2.31. The van der Waals surface area contributed by atoms with Gasteiger partial charge < -0.3 is 19.5 Å². The van der Waals surface area contributed by atoms with Gasteiger partial charge >= 0.3 is 0 Å². The van der Waals surface area contributed by atoms with Crippen LogP contribution in [0.1, 0.15) is 25.7 Å². The van der Waals surface area contributed by atoms with E-state index in [0.29, 0.717) is 49.0 Å². The Morgan fingerprint density at radius 1 is 1.17 bits per heavy atom. The normalized spacial score (nSPS) is 22.0. The Morgan fingerprint density at radius 3 is 2.90 bits per heavy atom. The van der Waals surface area contributed by atoms with E-state index in [9.17, 15) is 9.59 Å². The monoisotopic (exact) mass is 411 g/mol. The molecule has 2 bridgehead atoms. The number of aromatic nitrogens is 3. The van der Waals surface area contributed by atoms with Crippen LogP contribution in [0.3, 0.4) is 0 Å². The van der Waals surface area contributed by atoms with Crippen molar-refractivity contribution in [1.29, 1.82) is 0 Å². The number of carbonyl (C=O) groups excluding carboxylic acids is 2. The number of aromatic amines is 1. The minimum atomic E-state index is -0.189. The summed E-state index contributed by atoms with van der Waals surface area (Å²) >= 11 is 1.12. The van der Waals surface area contributed by atoms with Gasteiger partial charge in [0.2, 0.25) is 0 Å². The summed E-state index contributed by atoms with van der Waals surface area (Å²) < 4.78 is 9.72. The smallest absolute Gasteiger partial charge is 0.267 e. The zero-order valence-electron chi connectivity index (χ0n) is 16.0. The quantitative estimate of drug-likeness (QED) is 0.696. The largest absolute Gasteiger partial charge is 0.379 e. The van der Waals surface area contributed by atoms with E-state index in [1.807, 2.05) is 40.3 Å². The van der Waals surface area contributed by atoms with Gasteiger partial charge in [-0.2, -0.15) is 0 Å². The standard InChI is InChI=1S/C20H21N5O3S/c1-12-18(29-23-22-12)20(27)25-8-13-7-24(9-14(25)11-28-10-13)19(26)16-3-2-4-17-15(16)5-6-21-17/h2-6,13-14,21H,7-11H2,1H3/t13-,14-/m0/s1. The number of rotatable bonds is 2. The Morgan fingerprint density at radius 2 is 2.07 bits per heavy atom. The molecule has 2 aliphatic heterocycles. The van der Waals surface area contributed by atoms with E-state index >= 15 is 0 Å². The summed E-state index contributed by atoms with van der Waals surface area (Å²) in [6, 6.07) is 7.46. The SMILES string of the molecule is Cc1nnsc1C(=O)N1C[C@H]2COC[C@@H]1CN(C(=O)c1cccc3[nH]ccc13)C2. The van der Waals surface area contributed by atoms with Crippen molar-refractivity contribution in [2.75, 3.05) is 32.8 Å². The number of H-pyrrole nitrogens is 1. The molecular formula is C20H21N5O3S. The maximum atomic E-state index is 13.4. The van der Waals surface area contributed by atoms with Gasteiger partial charge in [-0.15, -0.1) is 5.10 Å². The maximum absolute atomic E-state index is 13.4. The summed E-state index contributed by atoms with van der Waals surface area (Å²) in [7, 11) is 0. The Hall–Kier alpha value is -2.78. The molecule has 1 N–H and O–H groups in total. The van der Waals surface area contributed by atoms with Crippen LogP contribution in [0.15, 0.2) is 30.5 Å². The number of hydrogen-bond acceptors (Lipinski definition) is 6. The van der Waals surface area contributed by atoms with Crippen molar-refractivity contribution in [1.82, 2.24) is 24.4 Å². The molecule has 0 saturated carbocycles. The summed E-state index contributed by atoms with van der Waals surface area (Å²) in [6.07, 6.45) is 1.85. The van der Waals surface area contributed by atoms with Crippen molar-refractivity contribution in [2.24, 2.45) is 5.92 Å². The van der Waals surface area contributed by atoms with Crippen molar-refractivity contribution in [2.45, 2.75) is 13.0 Å². The summed E-state index contributed by atoms with van der Waals surface area (Å²) in [6.45, 7) is 4.35. The van der Waals surface area contributed by atoms with Crippen LogP contribution < -0.4 is 0 Å². The molecule has 3 aromatic rings. The van der Waals surface area contributed by atoms with Crippen LogP contribution in [0.2, 0.25) is 0 Å². The van der Waals surface area contributed by atoms with E-state index in [-0.39, 0.29) is 23.8 Å².